The molecule has 0 spiro atoms. The third-order valence-electron chi connectivity index (χ3n) is 7.40. The Morgan fingerprint density at radius 2 is 1.17 bits per heavy atom. The number of benzene rings is 2. The highest BCUT2D eigenvalue weighted by atomic mass is 32.2. The highest BCUT2D eigenvalue weighted by Gasteiger charge is 2.15. The van der Waals surface area contributed by atoms with E-state index in [0.717, 1.165) is 29.2 Å². The summed E-state index contributed by atoms with van der Waals surface area (Å²) in [5.74, 6) is 0. The number of nitro groups is 1. The van der Waals surface area contributed by atoms with Gasteiger partial charge in [0.05, 0.1) is 25.6 Å². The minimum Gasteiger partial charge on any atom is -0.325 e. The van der Waals surface area contributed by atoms with Crippen molar-refractivity contribution in [3.63, 3.8) is 0 Å². The molecule has 0 radical (unpaired) electrons. The monoisotopic (exact) mass is 591 g/mol. The fraction of sp³-hybridized carbons (Fsp3) is 0.636. The van der Waals surface area contributed by atoms with E-state index in [0.29, 0.717) is 0 Å². The van der Waals surface area contributed by atoms with Gasteiger partial charge in [0.1, 0.15) is 11.4 Å². The topological polar surface area (TPSA) is 97.5 Å². The zero-order valence-corrected chi connectivity index (χ0v) is 26.6. The number of hydrogen-bond donors (Lipinski definition) is 1. The molecular formula is C33H55N2O5S+. The zero-order chi connectivity index (χ0) is 30.4. The van der Waals surface area contributed by atoms with E-state index in [1.54, 1.807) is 0 Å². The number of quaternary nitrogens is 1. The Morgan fingerprint density at radius 1 is 0.707 bits per heavy atom. The summed E-state index contributed by atoms with van der Waals surface area (Å²) in [5, 5.41) is 10.2. The third kappa shape index (κ3) is 19.5. The molecule has 2 rings (SSSR count). The van der Waals surface area contributed by atoms with E-state index in [1.807, 2.05) is 0 Å². The van der Waals surface area contributed by atoms with Crippen LogP contribution in [0, 0.1) is 10.1 Å². The molecule has 8 heteroatoms. The summed E-state index contributed by atoms with van der Waals surface area (Å²) >= 11 is 0. The third-order valence-corrected chi connectivity index (χ3v) is 8.25. The normalized spacial score (nSPS) is 11.6. The molecule has 41 heavy (non-hydrogen) atoms. The number of rotatable bonds is 21. The van der Waals surface area contributed by atoms with Crippen LogP contribution in [0.25, 0.3) is 0 Å². The molecule has 2 aromatic carbocycles. The second-order valence-electron chi connectivity index (χ2n) is 11.8. The molecule has 2 aromatic rings. The van der Waals surface area contributed by atoms with E-state index in [9.17, 15) is 18.5 Å². The van der Waals surface area contributed by atoms with Crippen molar-refractivity contribution in [2.75, 3.05) is 20.6 Å². The van der Waals surface area contributed by atoms with Crippen LogP contribution in [0.2, 0.25) is 0 Å². The van der Waals surface area contributed by atoms with Crippen LogP contribution in [-0.4, -0.2) is 43.0 Å². The number of nitro benzene ring substituents is 1. The van der Waals surface area contributed by atoms with Crippen molar-refractivity contribution in [3.05, 3.63) is 70.3 Å². The fourth-order valence-corrected chi connectivity index (χ4v) is 5.52. The van der Waals surface area contributed by atoms with E-state index in [-0.39, 0.29) is 5.69 Å². The first-order valence-electron chi connectivity index (χ1n) is 15.6. The van der Waals surface area contributed by atoms with Gasteiger partial charge in [0.25, 0.3) is 15.8 Å². The lowest BCUT2D eigenvalue weighted by Gasteiger charge is -2.30. The molecule has 1 N–H and O–H groups in total. The van der Waals surface area contributed by atoms with Crippen LogP contribution in [-0.2, 0) is 16.7 Å². The van der Waals surface area contributed by atoms with Crippen molar-refractivity contribution in [1.82, 2.24) is 0 Å². The van der Waals surface area contributed by atoms with Crippen molar-refractivity contribution in [2.24, 2.45) is 0 Å². The van der Waals surface area contributed by atoms with Crippen molar-refractivity contribution in [1.29, 1.82) is 0 Å². The van der Waals surface area contributed by atoms with Gasteiger partial charge in [-0.3, -0.25) is 14.7 Å². The highest BCUT2D eigenvalue weighted by Crippen LogP contribution is 2.17. The van der Waals surface area contributed by atoms with E-state index in [4.69, 9.17) is 4.55 Å². The van der Waals surface area contributed by atoms with Crippen LogP contribution in [0.1, 0.15) is 115 Å². The number of hydrogen-bond acceptors (Lipinski definition) is 4. The predicted octanol–water partition coefficient (Wildman–Crippen LogP) is 9.37. The Labute approximate surface area is 249 Å². The Hall–Kier alpha value is -2.29. The van der Waals surface area contributed by atoms with E-state index >= 15 is 0 Å². The Bertz CT molecular complexity index is 1060. The molecule has 0 fully saturated rings. The predicted molar refractivity (Wildman–Crippen MR) is 170 cm³/mol. The summed E-state index contributed by atoms with van der Waals surface area (Å²) in [4.78, 5) is 8.98. The molecule has 0 unspecified atom stereocenters. The standard InChI is InChI=1S/C27H50N.C6H5NO5S/c1-4-5-6-7-8-9-10-11-12-13-14-15-16-17-18-22-25-28(2,3)26-27-23-20-19-21-24-27;8-7(9)5-2-1-3-6(4-5)13(10,11)12/h19-21,23-24H,4-18,22,25-26H2,1-3H3;1-4H,(H,10,11,12)/q+1;. The van der Waals surface area contributed by atoms with Crippen molar-refractivity contribution < 1.29 is 22.4 Å². The average Bonchev–Trinajstić information content (AvgIpc) is 2.93. The SMILES string of the molecule is CCCCCCCCCCCCCCCCCC[N+](C)(C)Cc1ccccc1.O=[N+]([O-])c1cccc(S(=O)(=O)O)c1. The van der Waals surface area contributed by atoms with Gasteiger partial charge in [-0.2, -0.15) is 8.42 Å². The van der Waals surface area contributed by atoms with E-state index in [1.165, 1.54) is 121 Å². The van der Waals surface area contributed by atoms with Gasteiger partial charge in [0, 0.05) is 17.7 Å². The zero-order valence-electron chi connectivity index (χ0n) is 25.8. The first-order chi connectivity index (χ1) is 19.5. The van der Waals surface area contributed by atoms with Crippen LogP contribution in [0.5, 0.6) is 0 Å². The minimum absolute atomic E-state index is 0.380. The van der Waals surface area contributed by atoms with Crippen molar-refractivity contribution in [3.8, 4) is 0 Å². The highest BCUT2D eigenvalue weighted by molar-refractivity contribution is 7.85. The van der Waals surface area contributed by atoms with Crippen molar-refractivity contribution >= 4 is 15.8 Å². The molecule has 0 amide bonds. The molecule has 0 saturated heterocycles. The molecule has 0 saturated carbocycles. The van der Waals surface area contributed by atoms with E-state index < -0.39 is 19.9 Å². The first kappa shape index (κ1) is 36.7. The summed E-state index contributed by atoms with van der Waals surface area (Å²) in [6.07, 6.45) is 23.2. The summed E-state index contributed by atoms with van der Waals surface area (Å²) in [6.45, 7) is 4.75. The number of nitrogens with zero attached hydrogens (tertiary/aromatic N) is 2. The maximum absolute atomic E-state index is 10.5. The molecule has 0 aromatic heterocycles. The lowest BCUT2D eigenvalue weighted by atomic mass is 10.0. The van der Waals surface area contributed by atoms with Crippen LogP contribution >= 0.6 is 0 Å². The smallest absolute Gasteiger partial charge is 0.294 e. The molecule has 0 heterocycles. The molecule has 0 aliphatic rings. The Morgan fingerprint density at radius 3 is 1.61 bits per heavy atom. The maximum atomic E-state index is 10.5. The van der Waals surface area contributed by atoms with Crippen LogP contribution in [0.15, 0.2) is 59.5 Å². The largest absolute Gasteiger partial charge is 0.325 e. The molecule has 0 bridgehead atoms. The van der Waals surface area contributed by atoms with E-state index in [2.05, 4.69) is 51.4 Å². The van der Waals surface area contributed by atoms with Gasteiger partial charge in [-0.25, -0.2) is 0 Å². The van der Waals surface area contributed by atoms with Gasteiger partial charge in [-0.1, -0.05) is 133 Å². The van der Waals surface area contributed by atoms with Gasteiger partial charge in [0.15, 0.2) is 0 Å². The van der Waals surface area contributed by atoms with Gasteiger partial charge >= 0.3 is 0 Å². The summed E-state index contributed by atoms with van der Waals surface area (Å²) < 4.78 is 30.7. The molecule has 0 atom stereocenters. The van der Waals surface area contributed by atoms with Crippen LogP contribution in [0.3, 0.4) is 0 Å². The first-order valence-corrected chi connectivity index (χ1v) is 17.1. The summed E-state index contributed by atoms with van der Waals surface area (Å²) in [6, 6.07) is 15.1. The van der Waals surface area contributed by atoms with Gasteiger partial charge < -0.3 is 4.48 Å². The second-order valence-corrected chi connectivity index (χ2v) is 13.3. The van der Waals surface area contributed by atoms with Gasteiger partial charge in [0.2, 0.25) is 0 Å². The Balaban J connectivity index is 0.000000537. The summed E-state index contributed by atoms with van der Waals surface area (Å²) in [7, 11) is 0.383. The molecular weight excluding hydrogens is 536 g/mol. The second kappa shape index (κ2) is 21.4. The van der Waals surface area contributed by atoms with Crippen molar-refractivity contribution in [2.45, 2.75) is 121 Å². The lowest BCUT2D eigenvalue weighted by Crippen LogP contribution is -2.39. The molecule has 232 valence electrons. The van der Waals surface area contributed by atoms with Gasteiger partial charge in [-0.05, 0) is 18.9 Å². The number of non-ortho nitro benzene ring substituents is 1. The van der Waals surface area contributed by atoms with Gasteiger partial charge in [-0.15, -0.1) is 0 Å². The van der Waals surface area contributed by atoms with Crippen LogP contribution in [0.4, 0.5) is 5.69 Å². The minimum atomic E-state index is -4.36. The lowest BCUT2D eigenvalue weighted by molar-refractivity contribution is -0.903. The maximum Gasteiger partial charge on any atom is 0.294 e. The quantitative estimate of drug-likeness (QED) is 0.0513. The Kier molecular flexibility index (Phi) is 19.2. The number of unbranched alkanes of at least 4 members (excludes halogenated alkanes) is 15. The summed E-state index contributed by atoms with van der Waals surface area (Å²) in [5.41, 5.74) is 1.08. The van der Waals surface area contributed by atoms with Crippen LogP contribution < -0.4 is 0 Å². The molecule has 7 nitrogen and oxygen atoms in total. The molecule has 0 aliphatic heterocycles. The molecule has 0 aliphatic carbocycles. The fourth-order valence-electron chi connectivity index (χ4n) is 5.00. The average molecular weight is 592 g/mol.